The van der Waals surface area contributed by atoms with Crippen molar-refractivity contribution in [1.82, 2.24) is 20.4 Å². The molecule has 2 aromatic carbocycles. The minimum Gasteiger partial charge on any atom is -0.507 e. The molecule has 0 aliphatic carbocycles. The second kappa shape index (κ2) is 15.3. The predicted octanol–water partition coefficient (Wildman–Crippen LogP) is 7.80. The van der Waals surface area contributed by atoms with Crippen molar-refractivity contribution in [2.24, 2.45) is 0 Å². The molecule has 6 N–H and O–H groups in total. The molecule has 0 spiro atoms. The van der Waals surface area contributed by atoms with Gasteiger partial charge in [0, 0.05) is 11.1 Å². The summed E-state index contributed by atoms with van der Waals surface area (Å²) in [5.41, 5.74) is -7.74. The molecule has 0 amide bonds. The highest BCUT2D eigenvalue weighted by Gasteiger charge is 2.50. The third-order valence-electron chi connectivity index (χ3n) is 7.57. The number of aromatic hydroxyl groups is 2. The summed E-state index contributed by atoms with van der Waals surface area (Å²) in [5, 5.41) is 57.7. The fraction of sp³-hybridized carbons (Fsp3) is 0.375. The zero-order valence-electron chi connectivity index (χ0n) is 28.1. The van der Waals surface area contributed by atoms with E-state index in [1.807, 2.05) is 0 Å². The van der Waals surface area contributed by atoms with Crippen LogP contribution in [-0.2, 0) is 12.4 Å². The number of alkyl halides is 12. The summed E-state index contributed by atoms with van der Waals surface area (Å²) < 4.78 is 152. The molecular formula is C32H30F12N6O4. The number of nitrogens with zero attached hydrogens (tertiary/aromatic N) is 4. The quantitative estimate of drug-likeness (QED) is 0.0974. The van der Waals surface area contributed by atoms with Crippen molar-refractivity contribution in [2.75, 3.05) is 23.7 Å². The number of phenols is 2. The van der Waals surface area contributed by atoms with Gasteiger partial charge in [-0.2, -0.15) is 52.7 Å². The Hall–Kier alpha value is -5.12. The minimum atomic E-state index is -4.85. The van der Waals surface area contributed by atoms with E-state index >= 15 is 0 Å². The summed E-state index contributed by atoms with van der Waals surface area (Å²) in [6.07, 6.45) is -19.0. The fourth-order valence-corrected chi connectivity index (χ4v) is 4.38. The van der Waals surface area contributed by atoms with E-state index in [4.69, 9.17) is 0 Å². The van der Waals surface area contributed by atoms with Gasteiger partial charge >= 0.3 is 24.7 Å². The summed E-state index contributed by atoms with van der Waals surface area (Å²) in [7, 11) is 0. The Morgan fingerprint density at radius 1 is 0.519 bits per heavy atom. The molecule has 2 aromatic heterocycles. The number of nitrogens with one attached hydrogen (secondary N) is 2. The van der Waals surface area contributed by atoms with Crippen LogP contribution in [0.5, 0.6) is 11.5 Å². The Labute approximate surface area is 297 Å². The van der Waals surface area contributed by atoms with Crippen LogP contribution < -0.4 is 10.6 Å². The van der Waals surface area contributed by atoms with Crippen molar-refractivity contribution >= 4 is 11.6 Å². The number of aromatic nitrogens is 4. The summed E-state index contributed by atoms with van der Waals surface area (Å²) >= 11 is 0. The van der Waals surface area contributed by atoms with E-state index in [1.54, 1.807) is 0 Å². The van der Waals surface area contributed by atoms with Crippen LogP contribution in [0.25, 0.3) is 22.5 Å². The number of benzene rings is 2. The lowest BCUT2D eigenvalue weighted by Crippen LogP contribution is -2.47. The number of hydrogen-bond donors (Lipinski definition) is 6. The largest absolute Gasteiger partial charge is 0.507 e. The SMILES string of the molecule is Cc1cc(C(F)(F)F)cc(O)c1-c1ccc(NC[C@@](C)(O)C(F)(F)F)nn1.Cc1cc(C(F)(F)F)cc(O)c1-c1ccc(NC[C@](C)(O)C(F)(F)F)nn1. The number of phenolic OH excluding ortho intramolecular Hbond substituents is 2. The Morgan fingerprint density at radius 3 is 1.06 bits per heavy atom. The molecule has 2 atom stereocenters. The third-order valence-corrected chi connectivity index (χ3v) is 7.57. The maximum Gasteiger partial charge on any atom is 0.418 e. The van der Waals surface area contributed by atoms with Crippen molar-refractivity contribution in [3.05, 3.63) is 70.8 Å². The third kappa shape index (κ3) is 10.5. The van der Waals surface area contributed by atoms with Gasteiger partial charge in [-0.15, -0.1) is 20.4 Å². The van der Waals surface area contributed by atoms with Crippen LogP contribution >= 0.6 is 0 Å². The van der Waals surface area contributed by atoms with Gasteiger partial charge in [-0.25, -0.2) is 0 Å². The molecule has 10 nitrogen and oxygen atoms in total. The molecule has 0 radical (unpaired) electrons. The molecule has 22 heteroatoms. The zero-order valence-corrected chi connectivity index (χ0v) is 28.1. The van der Waals surface area contributed by atoms with Gasteiger partial charge in [-0.1, -0.05) is 0 Å². The first-order chi connectivity index (χ1) is 24.4. The standard InChI is InChI=1S/2C16H15F6N3O2/c2*1-8-5-9(15(17,18)19)6-11(26)13(8)10-3-4-12(25-24-10)23-7-14(2,27)16(20,21)22/h2*3-6,26-27H,7H2,1-2H3,(H,23,25)/t2*14-/m10/s1. The van der Waals surface area contributed by atoms with Crippen LogP contribution in [0.2, 0.25) is 0 Å². The van der Waals surface area contributed by atoms with Crippen LogP contribution in [0.4, 0.5) is 64.3 Å². The molecule has 0 fully saturated rings. The maximum atomic E-state index is 12.8. The number of hydrogen-bond acceptors (Lipinski definition) is 10. The second-order valence-corrected chi connectivity index (χ2v) is 12.2. The van der Waals surface area contributed by atoms with Crippen molar-refractivity contribution in [3.63, 3.8) is 0 Å². The smallest absolute Gasteiger partial charge is 0.418 e. The lowest BCUT2D eigenvalue weighted by molar-refractivity contribution is -0.247. The Morgan fingerprint density at radius 2 is 0.833 bits per heavy atom. The molecule has 0 saturated heterocycles. The lowest BCUT2D eigenvalue weighted by Gasteiger charge is -2.26. The van der Waals surface area contributed by atoms with E-state index < -0.39 is 71.6 Å². The maximum absolute atomic E-state index is 12.8. The topological polar surface area (TPSA) is 157 Å². The lowest BCUT2D eigenvalue weighted by atomic mass is 10.0. The monoisotopic (exact) mass is 790 g/mol. The molecule has 4 aromatic rings. The molecule has 4 rings (SSSR count). The van der Waals surface area contributed by atoms with E-state index in [-0.39, 0.29) is 45.3 Å². The van der Waals surface area contributed by atoms with Crippen molar-refractivity contribution in [3.8, 4) is 34.0 Å². The van der Waals surface area contributed by atoms with Crippen molar-refractivity contribution in [2.45, 2.75) is 63.6 Å². The number of halogens is 12. The van der Waals surface area contributed by atoms with E-state index in [2.05, 4.69) is 31.0 Å². The second-order valence-electron chi connectivity index (χ2n) is 12.2. The summed E-state index contributed by atoms with van der Waals surface area (Å²) in [6, 6.07) is 7.77. The average molecular weight is 791 g/mol. The van der Waals surface area contributed by atoms with Crippen molar-refractivity contribution in [1.29, 1.82) is 0 Å². The van der Waals surface area contributed by atoms with Crippen LogP contribution in [0.1, 0.15) is 36.1 Å². The van der Waals surface area contributed by atoms with Gasteiger partial charge in [0.25, 0.3) is 0 Å². The molecule has 296 valence electrons. The van der Waals surface area contributed by atoms with Crippen molar-refractivity contribution < 1.29 is 73.1 Å². The molecule has 2 heterocycles. The molecule has 0 saturated carbocycles. The number of rotatable bonds is 8. The Balaban J connectivity index is 0.000000290. The first-order valence-corrected chi connectivity index (χ1v) is 15.0. The van der Waals surface area contributed by atoms with Gasteiger partial charge in [-0.3, -0.25) is 0 Å². The highest BCUT2D eigenvalue weighted by molar-refractivity contribution is 5.72. The number of aliphatic hydroxyl groups is 2. The highest BCUT2D eigenvalue weighted by atomic mass is 19.4. The molecule has 0 aliphatic rings. The van der Waals surface area contributed by atoms with Gasteiger partial charge in [0.2, 0.25) is 0 Å². The van der Waals surface area contributed by atoms with Crippen LogP contribution in [0.3, 0.4) is 0 Å². The van der Waals surface area contributed by atoms with E-state index in [0.717, 1.165) is 12.1 Å². The van der Waals surface area contributed by atoms with Gasteiger partial charge in [0.1, 0.15) is 23.1 Å². The van der Waals surface area contributed by atoms with Gasteiger partial charge < -0.3 is 31.1 Å². The van der Waals surface area contributed by atoms with Crippen LogP contribution in [0, 0.1) is 13.8 Å². The number of anilines is 2. The normalized spacial score (nSPS) is 14.7. The Kier molecular flexibility index (Phi) is 12.3. The van der Waals surface area contributed by atoms with Crippen LogP contribution in [-0.4, -0.2) is 77.5 Å². The Bertz CT molecular complexity index is 1730. The summed E-state index contributed by atoms with van der Waals surface area (Å²) in [4.78, 5) is 0. The zero-order chi connectivity index (χ0) is 41.2. The fourth-order valence-electron chi connectivity index (χ4n) is 4.38. The van der Waals surface area contributed by atoms with E-state index in [1.165, 1.54) is 38.1 Å². The van der Waals surface area contributed by atoms with Gasteiger partial charge in [-0.05, 0) is 87.4 Å². The van der Waals surface area contributed by atoms with Crippen LogP contribution in [0.15, 0.2) is 48.5 Å². The average Bonchev–Trinajstić information content (AvgIpc) is 3.02. The number of aryl methyl sites for hydroxylation is 2. The van der Waals surface area contributed by atoms with Gasteiger partial charge in [0.15, 0.2) is 11.2 Å². The predicted molar refractivity (Wildman–Crippen MR) is 168 cm³/mol. The highest BCUT2D eigenvalue weighted by Crippen LogP contribution is 2.40. The first-order valence-electron chi connectivity index (χ1n) is 15.0. The molecule has 0 aliphatic heterocycles. The molecular weight excluding hydrogens is 760 g/mol. The molecule has 54 heavy (non-hydrogen) atoms. The van der Waals surface area contributed by atoms with Gasteiger partial charge in [0.05, 0.1) is 35.6 Å². The summed E-state index contributed by atoms with van der Waals surface area (Å²) in [6.45, 7) is 2.11. The molecule has 0 unspecified atom stereocenters. The van der Waals surface area contributed by atoms with E-state index in [9.17, 15) is 73.1 Å². The van der Waals surface area contributed by atoms with E-state index in [0.29, 0.717) is 26.0 Å². The summed E-state index contributed by atoms with van der Waals surface area (Å²) in [5.74, 6) is -1.49. The minimum absolute atomic E-state index is 0.0179. The molecule has 0 bridgehead atoms. The first kappa shape index (κ1) is 43.3.